The Morgan fingerprint density at radius 2 is 1.96 bits per heavy atom. The topological polar surface area (TPSA) is 81.9 Å². The van der Waals surface area contributed by atoms with Gasteiger partial charge in [0.25, 0.3) is 5.91 Å². The average Bonchev–Trinajstić information content (AvgIpc) is 2.59. The first-order chi connectivity index (χ1) is 11.4. The van der Waals surface area contributed by atoms with Crippen LogP contribution in [-0.4, -0.2) is 43.0 Å². The van der Waals surface area contributed by atoms with Crippen LogP contribution < -0.4 is 10.5 Å². The number of nitrogens with two attached hydrogens (primary N) is 1. The highest BCUT2D eigenvalue weighted by Crippen LogP contribution is 2.24. The van der Waals surface area contributed by atoms with E-state index in [0.29, 0.717) is 43.9 Å². The third-order valence-corrected chi connectivity index (χ3v) is 4.28. The zero-order valence-corrected chi connectivity index (χ0v) is 14.6. The molecule has 0 spiro atoms. The molecule has 0 aromatic heterocycles. The number of primary amides is 1. The third-order valence-electron chi connectivity index (χ3n) is 4.28. The van der Waals surface area contributed by atoms with Gasteiger partial charge in [-0.15, -0.1) is 0 Å². The number of hydrogen-bond donors (Lipinski definition) is 1. The summed E-state index contributed by atoms with van der Waals surface area (Å²) in [5.74, 6) is 0.269. The van der Waals surface area contributed by atoms with Crippen molar-refractivity contribution in [3.63, 3.8) is 0 Å². The van der Waals surface area contributed by atoms with Gasteiger partial charge >= 0.3 is 0 Å². The summed E-state index contributed by atoms with van der Waals surface area (Å²) in [5.41, 5.74) is 6.80. The first kappa shape index (κ1) is 18.3. The Morgan fingerprint density at radius 1 is 1.29 bits per heavy atom. The molecule has 24 heavy (non-hydrogen) atoms. The van der Waals surface area contributed by atoms with Crippen LogP contribution in [0.2, 0.25) is 0 Å². The van der Waals surface area contributed by atoms with Crippen molar-refractivity contribution in [1.82, 2.24) is 4.90 Å². The van der Waals surface area contributed by atoms with E-state index in [2.05, 4.69) is 0 Å². The van der Waals surface area contributed by atoms with Gasteiger partial charge in [-0.3, -0.25) is 9.59 Å². The van der Waals surface area contributed by atoms with Crippen LogP contribution in [0.5, 0.6) is 5.75 Å². The van der Waals surface area contributed by atoms with Crippen LogP contribution in [0, 0.1) is 5.92 Å². The Morgan fingerprint density at radius 3 is 2.50 bits per heavy atom. The van der Waals surface area contributed by atoms with Gasteiger partial charge in [-0.25, -0.2) is 0 Å². The van der Waals surface area contributed by atoms with Crippen molar-refractivity contribution in [2.75, 3.05) is 20.2 Å². The highest BCUT2D eigenvalue weighted by molar-refractivity contribution is 5.94. The van der Waals surface area contributed by atoms with Gasteiger partial charge in [-0.1, -0.05) is 0 Å². The molecule has 2 N–H and O–H groups in total. The van der Waals surface area contributed by atoms with Crippen molar-refractivity contribution in [1.29, 1.82) is 0 Å². The molecule has 0 radical (unpaired) electrons. The predicted octanol–water partition coefficient (Wildman–Crippen LogP) is 1.96. The molecular weight excluding hydrogens is 308 g/mol. The largest absolute Gasteiger partial charge is 0.496 e. The van der Waals surface area contributed by atoms with Gasteiger partial charge in [-0.05, 0) is 44.9 Å². The van der Waals surface area contributed by atoms with Crippen molar-refractivity contribution >= 4 is 11.8 Å². The van der Waals surface area contributed by atoms with Crippen LogP contribution in [-0.2, 0) is 16.1 Å². The molecule has 2 rings (SSSR count). The molecule has 0 bridgehead atoms. The fourth-order valence-corrected chi connectivity index (χ4v) is 2.83. The number of methoxy groups -OCH3 is 1. The molecule has 132 valence electrons. The number of rotatable bonds is 6. The lowest BCUT2D eigenvalue weighted by Gasteiger charge is -2.30. The summed E-state index contributed by atoms with van der Waals surface area (Å²) >= 11 is 0. The van der Waals surface area contributed by atoms with Gasteiger partial charge in [-0.2, -0.15) is 0 Å². The second kappa shape index (κ2) is 8.15. The summed E-state index contributed by atoms with van der Waals surface area (Å²) in [7, 11) is 1.60. The minimum atomic E-state index is -0.278. The molecule has 2 amide bonds. The number of carbonyl (C=O) groups is 2. The Labute approximate surface area is 142 Å². The molecule has 1 aromatic carbocycles. The SMILES string of the molecule is COc1ccc(C(=O)N2CCC(C(N)=O)CC2)cc1COC(C)C. The molecule has 1 fully saturated rings. The number of likely N-dealkylation sites (tertiary alicyclic amines) is 1. The molecule has 6 heteroatoms. The van der Waals surface area contributed by atoms with E-state index in [-0.39, 0.29) is 23.8 Å². The number of benzene rings is 1. The fourth-order valence-electron chi connectivity index (χ4n) is 2.83. The number of hydrogen-bond acceptors (Lipinski definition) is 4. The van der Waals surface area contributed by atoms with E-state index in [1.807, 2.05) is 19.9 Å². The lowest BCUT2D eigenvalue weighted by Crippen LogP contribution is -2.41. The molecule has 0 atom stereocenters. The van der Waals surface area contributed by atoms with Crippen LogP contribution in [0.15, 0.2) is 18.2 Å². The summed E-state index contributed by atoms with van der Waals surface area (Å²) < 4.78 is 11.0. The van der Waals surface area contributed by atoms with Crippen LogP contribution >= 0.6 is 0 Å². The molecular formula is C18H26N2O4. The number of carbonyl (C=O) groups excluding carboxylic acids is 2. The summed E-state index contributed by atoms with van der Waals surface area (Å²) in [6.07, 6.45) is 1.35. The maximum Gasteiger partial charge on any atom is 0.253 e. The van der Waals surface area contributed by atoms with Gasteiger partial charge in [0.1, 0.15) is 5.75 Å². The quantitative estimate of drug-likeness (QED) is 0.862. The van der Waals surface area contributed by atoms with Crippen LogP contribution in [0.3, 0.4) is 0 Å². The first-order valence-corrected chi connectivity index (χ1v) is 8.29. The van der Waals surface area contributed by atoms with Gasteiger partial charge in [0, 0.05) is 30.1 Å². The Balaban J connectivity index is 2.09. The number of nitrogens with zero attached hydrogens (tertiary/aromatic N) is 1. The smallest absolute Gasteiger partial charge is 0.253 e. The summed E-state index contributed by atoms with van der Waals surface area (Å²) in [6.45, 7) is 5.42. The standard InChI is InChI=1S/C18H26N2O4/c1-12(2)24-11-15-10-14(4-5-16(15)23-3)18(22)20-8-6-13(7-9-20)17(19)21/h4-5,10,12-13H,6-9,11H2,1-3H3,(H2,19,21). The average molecular weight is 334 g/mol. The van der Waals surface area contributed by atoms with Crippen molar-refractivity contribution < 1.29 is 19.1 Å². The molecule has 1 saturated heterocycles. The third kappa shape index (κ3) is 4.47. The summed E-state index contributed by atoms with van der Waals surface area (Å²) in [6, 6.07) is 5.38. The molecule has 0 unspecified atom stereocenters. The lowest BCUT2D eigenvalue weighted by atomic mass is 9.95. The fraction of sp³-hybridized carbons (Fsp3) is 0.556. The van der Waals surface area contributed by atoms with Gasteiger partial charge in [0.15, 0.2) is 0 Å². The predicted molar refractivity (Wildman–Crippen MR) is 90.7 cm³/mol. The molecule has 1 aliphatic rings. The normalized spacial score (nSPS) is 15.6. The maximum atomic E-state index is 12.7. The van der Waals surface area contributed by atoms with E-state index in [4.69, 9.17) is 15.2 Å². The lowest BCUT2D eigenvalue weighted by molar-refractivity contribution is -0.123. The molecule has 1 heterocycles. The second-order valence-electron chi connectivity index (χ2n) is 6.36. The maximum absolute atomic E-state index is 12.7. The van der Waals surface area contributed by atoms with Crippen LogP contribution in [0.1, 0.15) is 42.6 Å². The van der Waals surface area contributed by atoms with E-state index >= 15 is 0 Å². The van der Waals surface area contributed by atoms with Crippen molar-refractivity contribution in [2.45, 2.75) is 39.4 Å². The zero-order valence-electron chi connectivity index (χ0n) is 14.6. The minimum Gasteiger partial charge on any atom is -0.496 e. The summed E-state index contributed by atoms with van der Waals surface area (Å²) in [5, 5.41) is 0. The number of piperidine rings is 1. The van der Waals surface area contributed by atoms with Crippen molar-refractivity contribution in [3.05, 3.63) is 29.3 Å². The molecule has 0 aliphatic carbocycles. The van der Waals surface area contributed by atoms with Crippen LogP contribution in [0.4, 0.5) is 0 Å². The highest BCUT2D eigenvalue weighted by Gasteiger charge is 2.26. The van der Waals surface area contributed by atoms with E-state index in [1.165, 1.54) is 0 Å². The van der Waals surface area contributed by atoms with Gasteiger partial charge in [0.05, 0.1) is 19.8 Å². The second-order valence-corrected chi connectivity index (χ2v) is 6.36. The van der Waals surface area contributed by atoms with E-state index in [9.17, 15) is 9.59 Å². The van der Waals surface area contributed by atoms with Crippen LogP contribution in [0.25, 0.3) is 0 Å². The van der Waals surface area contributed by atoms with Gasteiger partial charge in [0.2, 0.25) is 5.91 Å². The Bertz CT molecular complexity index is 593. The number of ether oxygens (including phenoxy) is 2. The summed E-state index contributed by atoms with van der Waals surface area (Å²) in [4.78, 5) is 25.7. The number of amides is 2. The Kier molecular flexibility index (Phi) is 6.20. The van der Waals surface area contributed by atoms with E-state index < -0.39 is 0 Å². The molecule has 1 aromatic rings. The van der Waals surface area contributed by atoms with Crippen molar-refractivity contribution in [2.24, 2.45) is 11.7 Å². The first-order valence-electron chi connectivity index (χ1n) is 8.29. The highest BCUT2D eigenvalue weighted by atomic mass is 16.5. The van der Waals surface area contributed by atoms with E-state index in [0.717, 1.165) is 5.56 Å². The molecule has 0 saturated carbocycles. The molecule has 6 nitrogen and oxygen atoms in total. The van der Waals surface area contributed by atoms with E-state index in [1.54, 1.807) is 24.1 Å². The van der Waals surface area contributed by atoms with Crippen molar-refractivity contribution in [3.8, 4) is 5.75 Å². The molecule has 1 aliphatic heterocycles. The monoisotopic (exact) mass is 334 g/mol. The van der Waals surface area contributed by atoms with Gasteiger partial charge < -0.3 is 20.1 Å². The minimum absolute atomic E-state index is 0.0358. The Hall–Kier alpha value is -2.08. The zero-order chi connectivity index (χ0) is 17.7.